The number of hydrogen-bond acceptors (Lipinski definition) is 1. The topological polar surface area (TPSA) is 17.1 Å². The van der Waals surface area contributed by atoms with Crippen LogP contribution >= 0.6 is 0 Å². The van der Waals surface area contributed by atoms with Crippen molar-refractivity contribution in [2.24, 2.45) is 0 Å². The van der Waals surface area contributed by atoms with Crippen molar-refractivity contribution in [3.63, 3.8) is 0 Å². The van der Waals surface area contributed by atoms with Crippen molar-refractivity contribution in [1.29, 1.82) is 0 Å². The normalized spacial score (nSPS) is 15.2. The molecule has 1 rings (SSSR count). The van der Waals surface area contributed by atoms with E-state index in [4.69, 9.17) is 0 Å². The third-order valence-electron chi connectivity index (χ3n) is 1.96. The monoisotopic (exact) mass is 196 g/mol. The zero-order chi connectivity index (χ0) is 9.90. The van der Waals surface area contributed by atoms with Crippen LogP contribution in [-0.2, 0) is 15.9 Å². The Bertz CT molecular complexity index is 360. The van der Waals surface area contributed by atoms with Gasteiger partial charge in [-0.15, -0.1) is 0 Å². The van der Waals surface area contributed by atoms with Crippen molar-refractivity contribution in [2.75, 3.05) is 6.26 Å². The van der Waals surface area contributed by atoms with Crippen LogP contribution in [0.2, 0.25) is 0 Å². The molecule has 1 nitrogen and oxygen atoms in total. The Balaban J connectivity index is 2.94. The summed E-state index contributed by atoms with van der Waals surface area (Å²) in [4.78, 5) is 0.840. The van der Waals surface area contributed by atoms with Crippen molar-refractivity contribution in [3.05, 3.63) is 29.8 Å². The van der Waals surface area contributed by atoms with Crippen molar-refractivity contribution >= 4 is 15.4 Å². The minimum Gasteiger partial charge on any atom is -0.263 e. The minimum absolute atomic E-state index is 0.840. The molecule has 0 aliphatic carbocycles. The molecule has 0 radical (unpaired) electrons. The van der Waals surface area contributed by atoms with Gasteiger partial charge in [-0.1, -0.05) is 25.5 Å². The highest BCUT2D eigenvalue weighted by molar-refractivity contribution is 7.99. The number of rotatable bonds is 3. The van der Waals surface area contributed by atoms with Crippen LogP contribution in [0.5, 0.6) is 0 Å². The first-order chi connectivity index (χ1) is 6.04. The van der Waals surface area contributed by atoms with E-state index in [2.05, 4.69) is 12.8 Å². The first kappa shape index (κ1) is 10.3. The van der Waals surface area contributed by atoms with Crippen LogP contribution in [0.25, 0.3) is 0 Å². The van der Waals surface area contributed by atoms with E-state index in [1.807, 2.05) is 24.3 Å². The average Bonchev–Trinajstić information content (AvgIpc) is 2.04. The van der Waals surface area contributed by atoms with Crippen molar-refractivity contribution in [2.45, 2.75) is 24.7 Å². The van der Waals surface area contributed by atoms with Gasteiger partial charge in [-0.3, -0.25) is 4.21 Å². The summed E-state index contributed by atoms with van der Waals surface area (Å²) in [6.07, 6.45) is 3.90. The molecule has 2 heteroatoms. The van der Waals surface area contributed by atoms with Gasteiger partial charge in [-0.2, -0.15) is 0 Å². The molecule has 0 spiro atoms. The second-order valence-corrected chi connectivity index (χ2v) is 5.88. The van der Waals surface area contributed by atoms with Crippen LogP contribution in [0.4, 0.5) is 0 Å². The molecular formula is C11H16OS. The SMILES string of the molecule is C=S(C)(=O)c1ccc(CCC)cc1. The van der Waals surface area contributed by atoms with E-state index in [0.717, 1.165) is 17.7 Å². The van der Waals surface area contributed by atoms with Crippen molar-refractivity contribution in [1.82, 2.24) is 0 Å². The van der Waals surface area contributed by atoms with Gasteiger partial charge in [-0.05, 0) is 39.5 Å². The maximum absolute atomic E-state index is 11.5. The molecular weight excluding hydrogens is 180 g/mol. The summed E-state index contributed by atoms with van der Waals surface area (Å²) in [6, 6.07) is 7.90. The molecule has 0 aromatic heterocycles. The highest BCUT2D eigenvalue weighted by Gasteiger charge is 1.99. The lowest BCUT2D eigenvalue weighted by molar-refractivity contribution is 0.685. The maximum atomic E-state index is 11.5. The first-order valence-corrected chi connectivity index (χ1v) is 6.59. The molecule has 0 N–H and O–H groups in total. The zero-order valence-electron chi connectivity index (χ0n) is 8.25. The average molecular weight is 196 g/mol. The van der Waals surface area contributed by atoms with Crippen LogP contribution in [0, 0.1) is 0 Å². The van der Waals surface area contributed by atoms with E-state index < -0.39 is 9.52 Å². The lowest BCUT2D eigenvalue weighted by atomic mass is 10.1. The van der Waals surface area contributed by atoms with E-state index in [1.165, 1.54) is 5.56 Å². The molecule has 72 valence electrons. The summed E-state index contributed by atoms with van der Waals surface area (Å²) >= 11 is 0. The third-order valence-corrected chi connectivity index (χ3v) is 3.23. The molecule has 0 saturated heterocycles. The first-order valence-electron chi connectivity index (χ1n) is 4.45. The molecule has 0 saturated carbocycles. The van der Waals surface area contributed by atoms with E-state index in [9.17, 15) is 4.21 Å². The second kappa shape index (κ2) is 3.97. The molecule has 0 amide bonds. The summed E-state index contributed by atoms with van der Waals surface area (Å²) in [5, 5.41) is 0. The molecule has 1 aromatic rings. The van der Waals surface area contributed by atoms with E-state index in [1.54, 1.807) is 6.26 Å². The van der Waals surface area contributed by atoms with E-state index >= 15 is 0 Å². The molecule has 0 aliphatic rings. The fraction of sp³-hybridized carbons (Fsp3) is 0.364. The predicted octanol–water partition coefficient (Wildman–Crippen LogP) is 2.34. The molecule has 0 bridgehead atoms. The Morgan fingerprint density at radius 1 is 1.31 bits per heavy atom. The smallest absolute Gasteiger partial charge is 0.0302 e. The van der Waals surface area contributed by atoms with Gasteiger partial charge in [0.2, 0.25) is 0 Å². The Hall–Kier alpha value is -0.760. The minimum atomic E-state index is -2.03. The molecule has 1 unspecified atom stereocenters. The standard InChI is InChI=1S/C11H16OS/c1-4-5-10-6-8-11(9-7-10)13(2,3)12/h6-9H,2,4-5H2,1,3H3. The summed E-state index contributed by atoms with van der Waals surface area (Å²) in [6.45, 7) is 2.15. The van der Waals surface area contributed by atoms with Gasteiger partial charge in [0.05, 0.1) is 0 Å². The van der Waals surface area contributed by atoms with Crippen LogP contribution in [0.3, 0.4) is 0 Å². The zero-order valence-corrected chi connectivity index (χ0v) is 9.06. The van der Waals surface area contributed by atoms with Gasteiger partial charge in [0.1, 0.15) is 0 Å². The van der Waals surface area contributed by atoms with Crippen LogP contribution in [0.15, 0.2) is 29.2 Å². The van der Waals surface area contributed by atoms with Crippen LogP contribution in [0.1, 0.15) is 18.9 Å². The Labute approximate surface area is 80.8 Å². The summed E-state index contributed by atoms with van der Waals surface area (Å²) in [5.41, 5.74) is 1.30. The van der Waals surface area contributed by atoms with Crippen molar-refractivity contribution < 1.29 is 4.21 Å². The fourth-order valence-corrected chi connectivity index (χ4v) is 1.94. The van der Waals surface area contributed by atoms with Crippen molar-refractivity contribution in [3.8, 4) is 0 Å². The highest BCUT2D eigenvalue weighted by Crippen LogP contribution is 2.11. The Morgan fingerprint density at radius 3 is 2.23 bits per heavy atom. The van der Waals surface area contributed by atoms with Gasteiger partial charge in [0.15, 0.2) is 0 Å². The lowest BCUT2D eigenvalue weighted by Gasteiger charge is -2.03. The molecule has 0 fully saturated rings. The Kier molecular flexibility index (Phi) is 3.15. The summed E-state index contributed by atoms with van der Waals surface area (Å²) in [5.74, 6) is 3.64. The van der Waals surface area contributed by atoms with Crippen LogP contribution in [-0.4, -0.2) is 16.3 Å². The largest absolute Gasteiger partial charge is 0.263 e. The lowest BCUT2D eigenvalue weighted by Crippen LogP contribution is -1.96. The Morgan fingerprint density at radius 2 is 1.85 bits per heavy atom. The number of benzene rings is 1. The molecule has 0 aliphatic heterocycles. The van der Waals surface area contributed by atoms with Gasteiger partial charge < -0.3 is 0 Å². The summed E-state index contributed by atoms with van der Waals surface area (Å²) in [7, 11) is -2.03. The molecule has 1 atom stereocenters. The van der Waals surface area contributed by atoms with E-state index in [0.29, 0.717) is 0 Å². The fourth-order valence-electron chi connectivity index (χ4n) is 1.23. The molecule has 1 aromatic carbocycles. The molecule has 0 heterocycles. The highest BCUT2D eigenvalue weighted by atomic mass is 32.2. The number of aryl methyl sites for hydroxylation is 1. The molecule has 13 heavy (non-hydrogen) atoms. The van der Waals surface area contributed by atoms with E-state index in [-0.39, 0.29) is 0 Å². The van der Waals surface area contributed by atoms with Gasteiger partial charge in [0.25, 0.3) is 0 Å². The maximum Gasteiger partial charge on any atom is 0.0302 e. The predicted molar refractivity (Wildman–Crippen MR) is 59.9 cm³/mol. The van der Waals surface area contributed by atoms with Gasteiger partial charge in [-0.25, -0.2) is 0 Å². The van der Waals surface area contributed by atoms with Gasteiger partial charge >= 0.3 is 0 Å². The quantitative estimate of drug-likeness (QED) is 0.678. The second-order valence-electron chi connectivity index (χ2n) is 3.40. The third kappa shape index (κ3) is 2.88. The van der Waals surface area contributed by atoms with Crippen LogP contribution < -0.4 is 0 Å². The summed E-state index contributed by atoms with van der Waals surface area (Å²) < 4.78 is 11.5. The number of hydrogen-bond donors (Lipinski definition) is 0. The van der Waals surface area contributed by atoms with Gasteiger partial charge in [0, 0.05) is 11.2 Å².